The largest absolute Gasteiger partial charge is 0.497 e. The highest BCUT2D eigenvalue weighted by Crippen LogP contribution is 2.25. The van der Waals surface area contributed by atoms with Crippen LogP contribution in [0.2, 0.25) is 0 Å². The minimum atomic E-state index is -0.0816. The summed E-state index contributed by atoms with van der Waals surface area (Å²) < 4.78 is 10.5. The fraction of sp³-hybridized carbons (Fsp3) is 0.462. The minimum absolute atomic E-state index is 0.0387. The Bertz CT molecular complexity index is 428. The molecule has 18 heavy (non-hydrogen) atoms. The Morgan fingerprint density at radius 3 is 3.11 bits per heavy atom. The van der Waals surface area contributed by atoms with Crippen molar-refractivity contribution in [1.29, 1.82) is 0 Å². The van der Waals surface area contributed by atoms with E-state index in [1.807, 2.05) is 0 Å². The fourth-order valence-corrected chi connectivity index (χ4v) is 1.98. The van der Waals surface area contributed by atoms with Crippen molar-refractivity contribution in [2.24, 2.45) is 0 Å². The van der Waals surface area contributed by atoms with Crippen molar-refractivity contribution in [3.8, 4) is 5.75 Å². The van der Waals surface area contributed by atoms with E-state index >= 15 is 0 Å². The van der Waals surface area contributed by atoms with E-state index in [0.29, 0.717) is 23.5 Å². The van der Waals surface area contributed by atoms with Crippen LogP contribution >= 0.6 is 0 Å². The summed E-state index contributed by atoms with van der Waals surface area (Å²) >= 11 is 0. The van der Waals surface area contributed by atoms with Crippen LogP contribution < -0.4 is 15.8 Å². The van der Waals surface area contributed by atoms with Crippen molar-refractivity contribution in [2.45, 2.75) is 25.4 Å². The van der Waals surface area contributed by atoms with Gasteiger partial charge in [-0.1, -0.05) is 0 Å². The number of anilines is 2. The second kappa shape index (κ2) is 5.73. The maximum absolute atomic E-state index is 11.8. The van der Waals surface area contributed by atoms with Gasteiger partial charge in [-0.05, 0) is 25.0 Å². The first-order chi connectivity index (χ1) is 8.69. The maximum Gasteiger partial charge on any atom is 0.227 e. The predicted molar refractivity (Wildman–Crippen MR) is 69.6 cm³/mol. The lowest BCUT2D eigenvalue weighted by atomic mass is 10.1. The molecule has 1 fully saturated rings. The molecule has 0 aromatic heterocycles. The van der Waals surface area contributed by atoms with Crippen LogP contribution in [-0.4, -0.2) is 25.7 Å². The first-order valence-electron chi connectivity index (χ1n) is 6.04. The van der Waals surface area contributed by atoms with Gasteiger partial charge in [0.05, 0.1) is 31.0 Å². The summed E-state index contributed by atoms with van der Waals surface area (Å²) in [7, 11) is 1.57. The first kappa shape index (κ1) is 12.7. The number of methoxy groups -OCH3 is 1. The molecule has 2 rings (SSSR count). The number of carbonyl (C=O) groups is 1. The Kier molecular flexibility index (Phi) is 4.04. The topological polar surface area (TPSA) is 73.6 Å². The quantitative estimate of drug-likeness (QED) is 0.799. The fourth-order valence-electron chi connectivity index (χ4n) is 1.98. The van der Waals surface area contributed by atoms with Gasteiger partial charge in [-0.3, -0.25) is 4.79 Å². The molecule has 1 aromatic rings. The molecule has 5 nitrogen and oxygen atoms in total. The highest BCUT2D eigenvalue weighted by atomic mass is 16.5. The SMILES string of the molecule is COc1ccc(N)c(NC(=O)CC2CCCO2)c1. The number of nitrogens with one attached hydrogen (secondary N) is 1. The van der Waals surface area contributed by atoms with E-state index in [4.69, 9.17) is 15.2 Å². The van der Waals surface area contributed by atoms with E-state index in [9.17, 15) is 4.79 Å². The number of rotatable bonds is 4. The zero-order valence-corrected chi connectivity index (χ0v) is 10.4. The van der Waals surface area contributed by atoms with Crippen LogP contribution in [-0.2, 0) is 9.53 Å². The van der Waals surface area contributed by atoms with Crippen LogP contribution in [0.3, 0.4) is 0 Å². The molecule has 1 unspecified atom stereocenters. The van der Waals surface area contributed by atoms with E-state index in [2.05, 4.69) is 5.32 Å². The number of nitrogens with two attached hydrogens (primary N) is 1. The average Bonchev–Trinajstić information content (AvgIpc) is 2.84. The minimum Gasteiger partial charge on any atom is -0.497 e. The molecule has 0 radical (unpaired) electrons. The third kappa shape index (κ3) is 3.13. The molecule has 0 saturated carbocycles. The number of hydrogen-bond acceptors (Lipinski definition) is 4. The number of amides is 1. The highest BCUT2D eigenvalue weighted by molar-refractivity contribution is 5.94. The Hall–Kier alpha value is -1.75. The summed E-state index contributed by atoms with van der Waals surface area (Å²) in [6.45, 7) is 0.749. The van der Waals surface area contributed by atoms with Gasteiger partial charge < -0.3 is 20.5 Å². The molecular formula is C13H18N2O3. The molecule has 0 spiro atoms. The predicted octanol–water partition coefficient (Wildman–Crippen LogP) is 1.78. The van der Waals surface area contributed by atoms with Crippen molar-refractivity contribution < 1.29 is 14.3 Å². The lowest BCUT2D eigenvalue weighted by molar-refractivity contribution is -0.118. The third-order valence-corrected chi connectivity index (χ3v) is 2.97. The molecular weight excluding hydrogens is 232 g/mol. The van der Waals surface area contributed by atoms with E-state index in [1.54, 1.807) is 25.3 Å². The van der Waals surface area contributed by atoms with Gasteiger partial charge in [-0.15, -0.1) is 0 Å². The van der Waals surface area contributed by atoms with Crippen LogP contribution in [0.25, 0.3) is 0 Å². The molecule has 98 valence electrons. The average molecular weight is 250 g/mol. The number of nitrogen functional groups attached to an aromatic ring is 1. The van der Waals surface area contributed by atoms with Gasteiger partial charge in [0.25, 0.3) is 0 Å². The van der Waals surface area contributed by atoms with Crippen molar-refractivity contribution in [2.75, 3.05) is 24.8 Å². The van der Waals surface area contributed by atoms with E-state index in [-0.39, 0.29) is 12.0 Å². The molecule has 0 bridgehead atoms. The van der Waals surface area contributed by atoms with Crippen molar-refractivity contribution >= 4 is 17.3 Å². The summed E-state index contributed by atoms with van der Waals surface area (Å²) in [5.74, 6) is 0.582. The summed E-state index contributed by atoms with van der Waals surface area (Å²) in [5.41, 5.74) is 6.90. The zero-order chi connectivity index (χ0) is 13.0. The summed E-state index contributed by atoms with van der Waals surface area (Å²) in [4.78, 5) is 11.8. The molecule has 0 aliphatic carbocycles. The molecule has 1 aliphatic rings. The molecule has 1 aliphatic heterocycles. The first-order valence-corrected chi connectivity index (χ1v) is 6.04. The normalized spacial score (nSPS) is 18.6. The van der Waals surface area contributed by atoms with Crippen LogP contribution in [0.4, 0.5) is 11.4 Å². The lowest BCUT2D eigenvalue weighted by Crippen LogP contribution is -2.19. The Morgan fingerprint density at radius 2 is 2.44 bits per heavy atom. The van der Waals surface area contributed by atoms with E-state index in [0.717, 1.165) is 19.4 Å². The van der Waals surface area contributed by atoms with Gasteiger partial charge in [0.1, 0.15) is 5.75 Å². The maximum atomic E-state index is 11.8. The van der Waals surface area contributed by atoms with Gasteiger partial charge in [-0.2, -0.15) is 0 Å². The zero-order valence-electron chi connectivity index (χ0n) is 10.4. The molecule has 1 atom stereocenters. The molecule has 1 heterocycles. The van der Waals surface area contributed by atoms with E-state index in [1.165, 1.54) is 0 Å². The Balaban J connectivity index is 1.97. The lowest BCUT2D eigenvalue weighted by Gasteiger charge is -2.12. The summed E-state index contributed by atoms with van der Waals surface area (Å²) in [5, 5.41) is 2.79. The van der Waals surface area contributed by atoms with Gasteiger partial charge >= 0.3 is 0 Å². The monoisotopic (exact) mass is 250 g/mol. The van der Waals surface area contributed by atoms with Gasteiger partial charge in [-0.25, -0.2) is 0 Å². The van der Waals surface area contributed by atoms with Crippen molar-refractivity contribution in [3.05, 3.63) is 18.2 Å². The van der Waals surface area contributed by atoms with Crippen molar-refractivity contribution in [1.82, 2.24) is 0 Å². The molecule has 5 heteroatoms. The van der Waals surface area contributed by atoms with Crippen molar-refractivity contribution in [3.63, 3.8) is 0 Å². The third-order valence-electron chi connectivity index (χ3n) is 2.97. The molecule has 1 amide bonds. The van der Waals surface area contributed by atoms with Crippen LogP contribution in [0.5, 0.6) is 5.75 Å². The second-order valence-corrected chi connectivity index (χ2v) is 4.34. The van der Waals surface area contributed by atoms with Crippen LogP contribution in [0, 0.1) is 0 Å². The molecule has 3 N–H and O–H groups in total. The highest BCUT2D eigenvalue weighted by Gasteiger charge is 2.19. The number of benzene rings is 1. The number of ether oxygens (including phenoxy) is 2. The summed E-state index contributed by atoms with van der Waals surface area (Å²) in [6, 6.07) is 5.17. The van der Waals surface area contributed by atoms with Gasteiger partial charge in [0.15, 0.2) is 0 Å². The van der Waals surface area contributed by atoms with Gasteiger partial charge in [0.2, 0.25) is 5.91 Å². The standard InChI is InChI=1S/C13H18N2O3/c1-17-9-4-5-11(14)12(7-9)15-13(16)8-10-3-2-6-18-10/h4-5,7,10H,2-3,6,8,14H2,1H3,(H,15,16). The summed E-state index contributed by atoms with van der Waals surface area (Å²) in [6.07, 6.45) is 2.38. The van der Waals surface area contributed by atoms with E-state index < -0.39 is 0 Å². The Labute approximate surface area is 106 Å². The Morgan fingerprint density at radius 1 is 1.61 bits per heavy atom. The number of carbonyl (C=O) groups excluding carboxylic acids is 1. The molecule has 1 aromatic carbocycles. The van der Waals surface area contributed by atoms with Crippen LogP contribution in [0.1, 0.15) is 19.3 Å². The van der Waals surface area contributed by atoms with Gasteiger partial charge in [0, 0.05) is 12.7 Å². The second-order valence-electron chi connectivity index (χ2n) is 4.34. The smallest absolute Gasteiger partial charge is 0.227 e. The molecule has 1 saturated heterocycles. The number of hydrogen-bond donors (Lipinski definition) is 2. The van der Waals surface area contributed by atoms with Crippen LogP contribution in [0.15, 0.2) is 18.2 Å².